The molecule has 1 atom stereocenters. The van der Waals surface area contributed by atoms with Crippen molar-refractivity contribution in [2.45, 2.75) is 19.3 Å². The lowest BCUT2D eigenvalue weighted by molar-refractivity contribution is 0.000485. The molecule has 0 saturated carbocycles. The normalized spacial score (nSPS) is 16.8. The third kappa shape index (κ3) is 6.47. The summed E-state index contributed by atoms with van der Waals surface area (Å²) in [5.74, 6) is 0.813. The molecule has 0 spiro atoms. The van der Waals surface area contributed by atoms with Gasteiger partial charge in [-0.25, -0.2) is 0 Å². The van der Waals surface area contributed by atoms with Crippen molar-refractivity contribution < 1.29 is 14.6 Å². The highest BCUT2D eigenvalue weighted by Gasteiger charge is 2.19. The maximum Gasteiger partial charge on any atom is 0.124 e. The number of hydrogen-bond donors (Lipinski definition) is 1. The zero-order valence-corrected chi connectivity index (χ0v) is 17.1. The molecule has 2 aromatic carbocycles. The summed E-state index contributed by atoms with van der Waals surface area (Å²) < 4.78 is 11.0. The average Bonchev–Trinajstić information content (AvgIpc) is 2.70. The third-order valence-electron chi connectivity index (χ3n) is 4.99. The lowest BCUT2D eigenvalue weighted by atomic mass is 10.2. The molecule has 1 aliphatic heterocycles. The molecule has 1 aliphatic rings. The molecule has 0 bridgehead atoms. The van der Waals surface area contributed by atoms with Crippen molar-refractivity contribution in [1.29, 1.82) is 0 Å². The summed E-state index contributed by atoms with van der Waals surface area (Å²) in [6.45, 7) is 6.18. The number of benzene rings is 2. The lowest BCUT2D eigenvalue weighted by Gasteiger charge is -2.35. The van der Waals surface area contributed by atoms with Gasteiger partial charge >= 0.3 is 0 Å². The molecule has 0 radical (unpaired) electrons. The molecule has 3 rings (SSSR count). The van der Waals surface area contributed by atoms with Gasteiger partial charge in [0.2, 0.25) is 0 Å². The van der Waals surface area contributed by atoms with Crippen LogP contribution in [0.2, 0.25) is 5.02 Å². The molecule has 1 heterocycles. The molecule has 0 aliphatic carbocycles. The Bertz CT molecular complexity index is 735. The van der Waals surface area contributed by atoms with Gasteiger partial charge in [-0.15, -0.1) is 0 Å². The third-order valence-corrected chi connectivity index (χ3v) is 5.22. The van der Waals surface area contributed by atoms with Crippen LogP contribution in [-0.4, -0.2) is 67.5 Å². The smallest absolute Gasteiger partial charge is 0.124 e. The van der Waals surface area contributed by atoms with Crippen molar-refractivity contribution in [2.24, 2.45) is 0 Å². The van der Waals surface area contributed by atoms with Crippen LogP contribution in [0.15, 0.2) is 48.5 Å². The molecule has 1 unspecified atom stereocenters. The Morgan fingerprint density at radius 1 is 1.04 bits per heavy atom. The lowest BCUT2D eigenvalue weighted by Crippen LogP contribution is -2.48. The predicted octanol–water partition coefficient (Wildman–Crippen LogP) is 3.04. The van der Waals surface area contributed by atoms with Crippen molar-refractivity contribution in [2.75, 3.05) is 46.4 Å². The Hall–Kier alpha value is -1.63. The number of piperazine rings is 1. The minimum absolute atomic E-state index is 0.320. The number of β-amino-alcohol motifs (C(OH)–C–C–N with tert-alkyl or cyclic N) is 1. The first-order chi connectivity index (χ1) is 13.6. The van der Waals surface area contributed by atoms with Crippen LogP contribution >= 0.6 is 11.6 Å². The van der Waals surface area contributed by atoms with E-state index in [4.69, 9.17) is 21.1 Å². The second-order valence-electron chi connectivity index (χ2n) is 7.19. The summed E-state index contributed by atoms with van der Waals surface area (Å²) >= 11 is 6.07. The van der Waals surface area contributed by atoms with Gasteiger partial charge in [0.1, 0.15) is 5.75 Å². The number of ether oxygens (including phenoxy) is 2. The number of hydrogen-bond acceptors (Lipinski definition) is 5. The van der Waals surface area contributed by atoms with Crippen LogP contribution in [0.4, 0.5) is 0 Å². The van der Waals surface area contributed by atoms with Crippen molar-refractivity contribution in [3.8, 4) is 5.75 Å². The minimum atomic E-state index is -0.491. The Morgan fingerprint density at radius 3 is 2.54 bits per heavy atom. The number of para-hydroxylation sites is 1. The van der Waals surface area contributed by atoms with E-state index in [1.165, 1.54) is 5.56 Å². The van der Waals surface area contributed by atoms with Crippen LogP contribution in [0.3, 0.4) is 0 Å². The van der Waals surface area contributed by atoms with Crippen LogP contribution in [-0.2, 0) is 17.9 Å². The Kier molecular flexibility index (Phi) is 8.13. The molecule has 1 saturated heterocycles. The van der Waals surface area contributed by atoms with E-state index in [1.54, 1.807) is 7.11 Å². The van der Waals surface area contributed by atoms with Gasteiger partial charge in [-0.05, 0) is 23.8 Å². The summed E-state index contributed by atoms with van der Waals surface area (Å²) in [6.07, 6.45) is -0.491. The van der Waals surface area contributed by atoms with Gasteiger partial charge < -0.3 is 14.6 Å². The van der Waals surface area contributed by atoms with E-state index < -0.39 is 6.10 Å². The Morgan fingerprint density at radius 2 is 1.79 bits per heavy atom. The average molecular weight is 405 g/mol. The molecule has 6 heteroatoms. The Labute approximate surface area is 172 Å². The number of methoxy groups -OCH3 is 1. The summed E-state index contributed by atoms with van der Waals surface area (Å²) in [4.78, 5) is 4.72. The summed E-state index contributed by atoms with van der Waals surface area (Å²) in [5.41, 5.74) is 2.23. The van der Waals surface area contributed by atoms with Gasteiger partial charge in [0.05, 0.1) is 26.4 Å². The number of aliphatic hydroxyl groups excluding tert-OH is 1. The first kappa shape index (κ1) is 21.1. The number of rotatable bonds is 9. The number of nitrogens with zero attached hydrogens (tertiary/aromatic N) is 2. The highest BCUT2D eigenvalue weighted by atomic mass is 35.5. The number of aliphatic hydroxyl groups is 1. The largest absolute Gasteiger partial charge is 0.496 e. The molecule has 5 nitrogen and oxygen atoms in total. The highest BCUT2D eigenvalue weighted by Crippen LogP contribution is 2.18. The maximum atomic E-state index is 10.3. The number of halogens is 1. The first-order valence-corrected chi connectivity index (χ1v) is 10.1. The maximum absolute atomic E-state index is 10.3. The van der Waals surface area contributed by atoms with Crippen molar-refractivity contribution in [3.63, 3.8) is 0 Å². The van der Waals surface area contributed by atoms with E-state index in [9.17, 15) is 5.11 Å². The van der Waals surface area contributed by atoms with Gasteiger partial charge in [-0.3, -0.25) is 9.80 Å². The molecule has 1 N–H and O–H groups in total. The molecule has 0 aromatic heterocycles. The fourth-order valence-electron chi connectivity index (χ4n) is 3.50. The van der Waals surface area contributed by atoms with Gasteiger partial charge in [-0.1, -0.05) is 41.9 Å². The summed E-state index contributed by atoms with van der Waals surface area (Å²) in [6, 6.07) is 15.8. The molecule has 28 heavy (non-hydrogen) atoms. The van der Waals surface area contributed by atoms with Crippen molar-refractivity contribution >= 4 is 11.6 Å². The van der Waals surface area contributed by atoms with E-state index >= 15 is 0 Å². The highest BCUT2D eigenvalue weighted by molar-refractivity contribution is 6.30. The van der Waals surface area contributed by atoms with Gasteiger partial charge in [-0.2, -0.15) is 0 Å². The zero-order valence-electron chi connectivity index (χ0n) is 16.4. The van der Waals surface area contributed by atoms with E-state index in [2.05, 4.69) is 15.9 Å². The zero-order chi connectivity index (χ0) is 19.8. The summed E-state index contributed by atoms with van der Waals surface area (Å²) in [5, 5.41) is 11.1. The second kappa shape index (κ2) is 10.8. The molecule has 152 valence electrons. The topological polar surface area (TPSA) is 45.2 Å². The molecular weight excluding hydrogens is 376 g/mol. The standard InChI is InChI=1S/C22H29ClN2O3/c1-27-22-8-3-2-6-19(22)16-28-17-21(26)15-25-11-9-24(10-12-25)14-18-5-4-7-20(23)13-18/h2-8,13,21,26H,9-12,14-17H2,1H3. The van der Waals surface area contributed by atoms with Crippen LogP contribution < -0.4 is 4.74 Å². The van der Waals surface area contributed by atoms with Gasteiger partial charge in [0.15, 0.2) is 0 Å². The minimum Gasteiger partial charge on any atom is -0.496 e. The first-order valence-electron chi connectivity index (χ1n) is 9.71. The van der Waals surface area contributed by atoms with E-state index in [1.807, 2.05) is 42.5 Å². The Balaban J connectivity index is 1.35. The second-order valence-corrected chi connectivity index (χ2v) is 7.62. The SMILES string of the molecule is COc1ccccc1COCC(O)CN1CCN(Cc2cccc(Cl)c2)CC1. The van der Waals surface area contributed by atoms with E-state index in [0.717, 1.165) is 49.1 Å². The van der Waals surface area contributed by atoms with Crippen LogP contribution in [0.1, 0.15) is 11.1 Å². The van der Waals surface area contributed by atoms with E-state index in [-0.39, 0.29) is 0 Å². The molecule has 0 amide bonds. The molecular formula is C22H29ClN2O3. The van der Waals surface area contributed by atoms with Gasteiger partial charge in [0.25, 0.3) is 0 Å². The van der Waals surface area contributed by atoms with Crippen LogP contribution in [0, 0.1) is 0 Å². The van der Waals surface area contributed by atoms with Crippen LogP contribution in [0.5, 0.6) is 5.75 Å². The van der Waals surface area contributed by atoms with Gasteiger partial charge in [0, 0.05) is 49.9 Å². The molecule has 2 aromatic rings. The van der Waals surface area contributed by atoms with E-state index in [0.29, 0.717) is 19.8 Å². The fraction of sp³-hybridized carbons (Fsp3) is 0.455. The quantitative estimate of drug-likeness (QED) is 0.696. The summed E-state index contributed by atoms with van der Waals surface area (Å²) in [7, 11) is 1.65. The van der Waals surface area contributed by atoms with Crippen molar-refractivity contribution in [1.82, 2.24) is 9.80 Å². The molecule has 1 fully saturated rings. The van der Waals surface area contributed by atoms with Crippen LogP contribution in [0.25, 0.3) is 0 Å². The fourth-order valence-corrected chi connectivity index (χ4v) is 3.71. The predicted molar refractivity (Wildman–Crippen MR) is 112 cm³/mol. The monoisotopic (exact) mass is 404 g/mol. The van der Waals surface area contributed by atoms with Crippen molar-refractivity contribution in [3.05, 3.63) is 64.7 Å².